The van der Waals surface area contributed by atoms with E-state index in [1.807, 2.05) is 0 Å². The number of hydrogen-bond donors (Lipinski definition) is 1. The van der Waals surface area contributed by atoms with E-state index in [1.54, 1.807) is 0 Å². The van der Waals surface area contributed by atoms with E-state index in [-0.39, 0.29) is 0 Å². The minimum absolute atomic E-state index is 0.565. The Balaban J connectivity index is 4.77. The van der Waals surface area contributed by atoms with Gasteiger partial charge in [-0.2, -0.15) is 0 Å². The van der Waals surface area contributed by atoms with E-state index in [2.05, 4.69) is 14.8 Å². The molecule has 1 N–H and O–H groups in total. The van der Waals surface area contributed by atoms with Crippen molar-refractivity contribution >= 4 is 5.97 Å². The maximum Gasteiger partial charge on any atom is 0.330 e. The van der Waals surface area contributed by atoms with Gasteiger partial charge in [-0.3, -0.25) is 0 Å². The van der Waals surface area contributed by atoms with Crippen LogP contribution in [0.3, 0.4) is 0 Å². The Bertz CT molecular complexity index is 282. The van der Waals surface area contributed by atoms with Gasteiger partial charge in [-0.1, -0.05) is 11.2 Å². The lowest BCUT2D eigenvalue weighted by atomic mass is 9.97. The molecule has 2 atom stereocenters. The first-order valence-corrected chi connectivity index (χ1v) is 3.98. The van der Waals surface area contributed by atoms with Gasteiger partial charge in [0, 0.05) is 11.0 Å². The van der Waals surface area contributed by atoms with Crippen LogP contribution < -0.4 is 0 Å². The maximum atomic E-state index is 10.8. The van der Waals surface area contributed by atoms with Gasteiger partial charge in [-0.15, -0.1) is 0 Å². The molecule has 14 heavy (non-hydrogen) atoms. The average Bonchev–Trinajstić information content (AvgIpc) is 2.14. The summed E-state index contributed by atoms with van der Waals surface area (Å²) in [7, 11) is 1.24. The number of aliphatic hydroxyl groups excluding tert-OH is 1. The van der Waals surface area contributed by atoms with Crippen molar-refractivity contribution in [1.82, 2.24) is 0 Å². The van der Waals surface area contributed by atoms with Gasteiger partial charge in [0.15, 0.2) is 0 Å². The zero-order valence-electron chi connectivity index (χ0n) is 8.34. The Kier molecular flexibility index (Phi) is 4.69. The third-order valence-electron chi connectivity index (χ3n) is 1.86. The molecule has 0 unspecified atom stereocenters. The van der Waals surface area contributed by atoms with Gasteiger partial charge in [0.25, 0.3) is 0 Å². The lowest BCUT2D eigenvalue weighted by Gasteiger charge is -2.22. The lowest BCUT2D eigenvalue weighted by molar-refractivity contribution is -0.134. The molecule has 6 nitrogen and oxygen atoms in total. The summed E-state index contributed by atoms with van der Waals surface area (Å²) in [5.41, 5.74) is 7.13. The zero-order chi connectivity index (χ0) is 11.2. The summed E-state index contributed by atoms with van der Waals surface area (Å²) in [6.45, 7) is 2.98. The summed E-state index contributed by atoms with van der Waals surface area (Å²) in [6, 6.07) is 0. The largest absolute Gasteiger partial charge is 0.466 e. The molecular formula is C8H13N3O3. The summed E-state index contributed by atoms with van der Waals surface area (Å²) in [6.07, 6.45) is 1.53. The predicted molar refractivity (Wildman–Crippen MR) is 50.4 cm³/mol. The number of esters is 1. The van der Waals surface area contributed by atoms with E-state index in [9.17, 15) is 9.90 Å². The van der Waals surface area contributed by atoms with Crippen molar-refractivity contribution in [2.45, 2.75) is 25.5 Å². The van der Waals surface area contributed by atoms with Gasteiger partial charge in [-0.05, 0) is 19.4 Å². The highest BCUT2D eigenvalue weighted by Gasteiger charge is 2.25. The van der Waals surface area contributed by atoms with Crippen LogP contribution in [0.1, 0.15) is 13.8 Å². The molecule has 0 aliphatic carbocycles. The van der Waals surface area contributed by atoms with E-state index in [1.165, 1.54) is 27.0 Å². The number of carbonyl (C=O) groups excluding carboxylic acids is 1. The predicted octanol–water partition coefficient (Wildman–Crippen LogP) is 1.17. The first-order valence-electron chi connectivity index (χ1n) is 3.98. The first-order chi connectivity index (χ1) is 6.46. The lowest BCUT2D eigenvalue weighted by Crippen LogP contribution is -2.32. The maximum absolute atomic E-state index is 10.8. The summed E-state index contributed by atoms with van der Waals surface area (Å²) in [5.74, 6) is -0.565. The van der Waals surface area contributed by atoms with Crippen LogP contribution >= 0.6 is 0 Å². The fraction of sp³-hybridized carbons (Fsp3) is 0.625. The number of methoxy groups -OCH3 is 1. The van der Waals surface area contributed by atoms with Gasteiger partial charge < -0.3 is 9.84 Å². The Hall–Kier alpha value is -1.52. The number of ether oxygens (including phenoxy) is 1. The molecule has 0 aromatic carbocycles. The van der Waals surface area contributed by atoms with Gasteiger partial charge >= 0.3 is 5.97 Å². The van der Waals surface area contributed by atoms with Crippen molar-refractivity contribution in [3.8, 4) is 0 Å². The molecule has 0 rings (SSSR count). The van der Waals surface area contributed by atoms with Crippen LogP contribution in [0.4, 0.5) is 0 Å². The summed E-state index contributed by atoms with van der Waals surface area (Å²) < 4.78 is 4.36. The second kappa shape index (κ2) is 5.26. The number of carbonyl (C=O) groups is 1. The third-order valence-corrected chi connectivity index (χ3v) is 1.86. The Labute approximate surface area is 81.8 Å². The molecule has 0 amide bonds. The van der Waals surface area contributed by atoms with Gasteiger partial charge in [0.2, 0.25) is 0 Å². The molecule has 0 saturated heterocycles. The Morgan fingerprint density at radius 1 is 1.79 bits per heavy atom. The van der Waals surface area contributed by atoms with Crippen molar-refractivity contribution in [3.05, 3.63) is 22.6 Å². The smallest absolute Gasteiger partial charge is 0.330 e. The van der Waals surface area contributed by atoms with E-state index < -0.39 is 17.6 Å². The summed E-state index contributed by atoms with van der Waals surface area (Å²) >= 11 is 0. The fourth-order valence-electron chi connectivity index (χ4n) is 0.657. The van der Waals surface area contributed by atoms with Crippen LogP contribution in [-0.2, 0) is 9.53 Å². The minimum Gasteiger partial charge on any atom is -0.466 e. The first kappa shape index (κ1) is 12.5. The highest BCUT2D eigenvalue weighted by molar-refractivity contribution is 5.82. The van der Waals surface area contributed by atoms with Crippen molar-refractivity contribution < 1.29 is 14.6 Å². The van der Waals surface area contributed by atoms with Crippen molar-refractivity contribution in [1.29, 1.82) is 0 Å². The highest BCUT2D eigenvalue weighted by atomic mass is 16.5. The highest BCUT2D eigenvalue weighted by Crippen LogP contribution is 2.17. The average molecular weight is 199 g/mol. The summed E-state index contributed by atoms with van der Waals surface area (Å²) in [4.78, 5) is 13.4. The van der Waals surface area contributed by atoms with Gasteiger partial charge in [0.05, 0.1) is 18.8 Å². The monoisotopic (exact) mass is 199 g/mol. The number of nitrogens with zero attached hydrogens (tertiary/aromatic N) is 3. The topological polar surface area (TPSA) is 95.3 Å². The molecule has 0 fully saturated rings. The van der Waals surface area contributed by atoms with E-state index in [0.29, 0.717) is 0 Å². The molecule has 0 aliphatic heterocycles. The van der Waals surface area contributed by atoms with Crippen LogP contribution in [0.2, 0.25) is 0 Å². The van der Waals surface area contributed by atoms with Crippen molar-refractivity contribution in [3.63, 3.8) is 0 Å². The standard InChI is InChI=1S/C8H13N3O3/c1-6(12)8(2,10-11-9)5-4-7(13)14-3/h4-6,12H,1-3H3/b5-4+/t6-,8-/m1/s1. The molecule has 0 aromatic rings. The number of aliphatic hydroxyl groups is 1. The molecule has 0 spiro atoms. The molecule has 78 valence electrons. The normalized spacial score (nSPS) is 16.9. The third kappa shape index (κ3) is 3.47. The number of azide groups is 1. The van der Waals surface area contributed by atoms with Crippen LogP contribution in [0.15, 0.2) is 17.3 Å². The van der Waals surface area contributed by atoms with Crippen LogP contribution in [0.25, 0.3) is 10.4 Å². The Morgan fingerprint density at radius 2 is 2.36 bits per heavy atom. The molecule has 0 bridgehead atoms. The van der Waals surface area contributed by atoms with Crippen LogP contribution in [0.5, 0.6) is 0 Å². The van der Waals surface area contributed by atoms with Gasteiger partial charge in [-0.25, -0.2) is 4.79 Å². The quantitative estimate of drug-likeness (QED) is 0.242. The molecule has 0 aliphatic rings. The van der Waals surface area contributed by atoms with Crippen molar-refractivity contribution in [2.75, 3.05) is 7.11 Å². The number of hydrogen-bond acceptors (Lipinski definition) is 4. The number of rotatable bonds is 4. The fourth-order valence-corrected chi connectivity index (χ4v) is 0.657. The molecule has 0 saturated carbocycles. The summed E-state index contributed by atoms with van der Waals surface area (Å²) in [5, 5.41) is 12.7. The second-order valence-electron chi connectivity index (χ2n) is 2.95. The molecular weight excluding hydrogens is 186 g/mol. The van der Waals surface area contributed by atoms with Crippen LogP contribution in [-0.4, -0.2) is 29.8 Å². The van der Waals surface area contributed by atoms with Crippen molar-refractivity contribution in [2.24, 2.45) is 5.11 Å². The van der Waals surface area contributed by atoms with E-state index in [0.717, 1.165) is 6.08 Å². The second-order valence-corrected chi connectivity index (χ2v) is 2.95. The molecule has 0 aromatic heterocycles. The zero-order valence-corrected chi connectivity index (χ0v) is 8.34. The van der Waals surface area contributed by atoms with Gasteiger partial charge in [0.1, 0.15) is 0 Å². The molecule has 0 radical (unpaired) electrons. The SMILES string of the molecule is COC(=O)/C=C/[C@@](C)(N=[N+]=[N-])[C@@H](C)O. The van der Waals surface area contributed by atoms with Crippen LogP contribution in [0, 0.1) is 0 Å². The Morgan fingerprint density at radius 3 is 2.71 bits per heavy atom. The van der Waals surface area contributed by atoms with E-state index in [4.69, 9.17) is 5.53 Å². The van der Waals surface area contributed by atoms with E-state index >= 15 is 0 Å². The molecule has 0 heterocycles. The minimum atomic E-state index is -1.14. The molecule has 6 heteroatoms.